The number of aryl methyl sites for hydroxylation is 1. The summed E-state index contributed by atoms with van der Waals surface area (Å²) in [7, 11) is 4.37. The second-order valence-corrected chi connectivity index (χ2v) is 8.35. The summed E-state index contributed by atoms with van der Waals surface area (Å²) in [6, 6.07) is 17.8. The first-order valence-corrected chi connectivity index (χ1v) is 10.3. The first-order valence-electron chi connectivity index (χ1n) is 10.3. The highest BCUT2D eigenvalue weighted by Crippen LogP contribution is 2.31. The Hall–Kier alpha value is -2.74. The fourth-order valence-corrected chi connectivity index (χ4v) is 4.48. The zero-order valence-electron chi connectivity index (χ0n) is 17.5. The maximum atomic E-state index is 9.42. The molecule has 1 aliphatic heterocycles. The number of nitrogens with zero attached hydrogens (tertiary/aromatic N) is 4. The molecule has 3 aromatic rings. The average Bonchev–Trinajstić information content (AvgIpc) is 2.73. The Kier molecular flexibility index (Phi) is 5.62. The second-order valence-electron chi connectivity index (χ2n) is 8.35. The van der Waals surface area contributed by atoms with Gasteiger partial charge in [0.15, 0.2) is 0 Å². The van der Waals surface area contributed by atoms with E-state index in [0.717, 1.165) is 36.1 Å². The van der Waals surface area contributed by atoms with Crippen LogP contribution in [-0.4, -0.2) is 48.0 Å². The smallest absolute Gasteiger partial charge is 0.101 e. The van der Waals surface area contributed by atoms with Crippen LogP contribution in [0.25, 0.3) is 22.0 Å². The minimum absolute atomic E-state index is 0.626. The molecule has 4 nitrogen and oxygen atoms in total. The third-order valence-corrected chi connectivity index (χ3v) is 6.03. The second kappa shape index (κ2) is 8.32. The van der Waals surface area contributed by atoms with Gasteiger partial charge in [0.2, 0.25) is 0 Å². The number of rotatable bonds is 4. The van der Waals surface area contributed by atoms with Crippen molar-refractivity contribution < 1.29 is 0 Å². The Bertz CT molecular complexity index is 1060. The maximum Gasteiger partial charge on any atom is 0.101 e. The van der Waals surface area contributed by atoms with Crippen LogP contribution in [0.4, 0.5) is 0 Å². The molecule has 1 saturated heterocycles. The third kappa shape index (κ3) is 4.17. The zero-order valence-corrected chi connectivity index (χ0v) is 17.5. The molecule has 29 heavy (non-hydrogen) atoms. The van der Waals surface area contributed by atoms with Gasteiger partial charge < -0.3 is 4.90 Å². The number of likely N-dealkylation sites (tertiary alicyclic amines) is 1. The fourth-order valence-electron chi connectivity index (χ4n) is 4.48. The predicted molar refractivity (Wildman–Crippen MR) is 119 cm³/mol. The lowest BCUT2D eigenvalue weighted by Gasteiger charge is -2.35. The van der Waals surface area contributed by atoms with Crippen LogP contribution in [0.3, 0.4) is 0 Å². The standard InChI is InChI=1S/C25H28N4/c1-18-13-19(17-29-11-8-22(9-12-29)28(2)3)15-21(14-18)23-7-6-20(16-26)25-24(23)5-4-10-27-25/h4-7,10,13-15,22H,8-9,11-12,17H2,1-3H3. The van der Waals surface area contributed by atoms with Gasteiger partial charge in [0.05, 0.1) is 11.1 Å². The minimum atomic E-state index is 0.626. The van der Waals surface area contributed by atoms with Gasteiger partial charge in [0.25, 0.3) is 0 Å². The van der Waals surface area contributed by atoms with Crippen molar-refractivity contribution >= 4 is 10.9 Å². The Balaban J connectivity index is 1.63. The van der Waals surface area contributed by atoms with Crippen LogP contribution in [0.1, 0.15) is 29.5 Å². The van der Waals surface area contributed by atoms with E-state index in [1.54, 1.807) is 6.20 Å². The number of piperidine rings is 1. The summed E-state index contributed by atoms with van der Waals surface area (Å²) >= 11 is 0. The molecule has 0 radical (unpaired) electrons. The summed E-state index contributed by atoms with van der Waals surface area (Å²) in [5.74, 6) is 0. The summed E-state index contributed by atoms with van der Waals surface area (Å²) in [6.07, 6.45) is 4.22. The van der Waals surface area contributed by atoms with E-state index < -0.39 is 0 Å². The molecule has 2 heterocycles. The molecule has 0 aliphatic carbocycles. The van der Waals surface area contributed by atoms with Crippen LogP contribution in [0.15, 0.2) is 48.7 Å². The van der Waals surface area contributed by atoms with Crippen LogP contribution in [0.5, 0.6) is 0 Å². The molecule has 0 bridgehead atoms. The first kappa shape index (κ1) is 19.6. The molecule has 0 N–H and O–H groups in total. The van der Waals surface area contributed by atoms with Crippen molar-refractivity contribution in [1.29, 1.82) is 5.26 Å². The van der Waals surface area contributed by atoms with Crippen molar-refractivity contribution in [3.63, 3.8) is 0 Å². The average molecular weight is 385 g/mol. The third-order valence-electron chi connectivity index (χ3n) is 6.03. The highest BCUT2D eigenvalue weighted by molar-refractivity contribution is 5.97. The molecule has 4 heteroatoms. The van der Waals surface area contributed by atoms with Gasteiger partial charge in [-0.1, -0.05) is 29.8 Å². The summed E-state index contributed by atoms with van der Waals surface area (Å²) in [4.78, 5) is 9.38. The zero-order chi connectivity index (χ0) is 20.4. The number of hydrogen-bond donors (Lipinski definition) is 0. The number of hydrogen-bond acceptors (Lipinski definition) is 4. The predicted octanol–water partition coefficient (Wildman–Crippen LogP) is 4.61. The molecule has 0 atom stereocenters. The molecule has 148 valence electrons. The van der Waals surface area contributed by atoms with Crippen molar-refractivity contribution in [3.8, 4) is 17.2 Å². The van der Waals surface area contributed by atoms with Gasteiger partial charge in [-0.15, -0.1) is 0 Å². The number of benzene rings is 2. The Morgan fingerprint density at radius 2 is 1.93 bits per heavy atom. The van der Waals surface area contributed by atoms with Gasteiger partial charge in [0.1, 0.15) is 6.07 Å². The van der Waals surface area contributed by atoms with Crippen molar-refractivity contribution in [2.45, 2.75) is 32.4 Å². The normalized spacial score (nSPS) is 15.7. The van der Waals surface area contributed by atoms with Crippen molar-refractivity contribution in [1.82, 2.24) is 14.8 Å². The molecular formula is C25H28N4. The molecule has 1 fully saturated rings. The van der Waals surface area contributed by atoms with Crippen molar-refractivity contribution in [3.05, 3.63) is 65.4 Å². The van der Waals surface area contributed by atoms with Gasteiger partial charge in [-0.3, -0.25) is 9.88 Å². The van der Waals surface area contributed by atoms with Crippen molar-refractivity contribution in [2.75, 3.05) is 27.2 Å². The van der Waals surface area contributed by atoms with E-state index in [-0.39, 0.29) is 0 Å². The molecule has 0 amide bonds. The van der Waals surface area contributed by atoms with Gasteiger partial charge in [0, 0.05) is 24.2 Å². The SMILES string of the molecule is Cc1cc(CN2CCC(N(C)C)CC2)cc(-c2ccc(C#N)c3ncccc23)c1. The lowest BCUT2D eigenvalue weighted by Crippen LogP contribution is -2.41. The number of aromatic nitrogens is 1. The lowest BCUT2D eigenvalue weighted by atomic mass is 9.95. The van der Waals surface area contributed by atoms with Gasteiger partial charge in [-0.25, -0.2) is 0 Å². The molecule has 0 unspecified atom stereocenters. The Morgan fingerprint density at radius 1 is 1.14 bits per heavy atom. The maximum absolute atomic E-state index is 9.42. The highest BCUT2D eigenvalue weighted by atomic mass is 15.2. The van der Waals surface area contributed by atoms with E-state index >= 15 is 0 Å². The van der Waals surface area contributed by atoms with Crippen LogP contribution >= 0.6 is 0 Å². The summed E-state index contributed by atoms with van der Waals surface area (Å²) < 4.78 is 0. The van der Waals surface area contributed by atoms with E-state index in [0.29, 0.717) is 11.6 Å². The molecular weight excluding hydrogens is 356 g/mol. The molecule has 0 saturated carbocycles. The monoisotopic (exact) mass is 384 g/mol. The van der Waals surface area contributed by atoms with Crippen LogP contribution in [0, 0.1) is 18.3 Å². The number of fused-ring (bicyclic) bond motifs is 1. The summed E-state index contributed by atoms with van der Waals surface area (Å²) in [6.45, 7) is 5.45. The lowest BCUT2D eigenvalue weighted by molar-refractivity contribution is 0.140. The van der Waals surface area contributed by atoms with Crippen LogP contribution in [0.2, 0.25) is 0 Å². The molecule has 1 aliphatic rings. The molecule has 0 spiro atoms. The van der Waals surface area contributed by atoms with Gasteiger partial charge in [-0.2, -0.15) is 5.26 Å². The molecule has 4 rings (SSSR count). The van der Waals surface area contributed by atoms with E-state index in [1.807, 2.05) is 12.1 Å². The largest absolute Gasteiger partial charge is 0.306 e. The fraction of sp³-hybridized carbons (Fsp3) is 0.360. The number of pyridine rings is 1. The van der Waals surface area contributed by atoms with Crippen LogP contribution in [-0.2, 0) is 6.54 Å². The van der Waals surface area contributed by atoms with Crippen molar-refractivity contribution in [2.24, 2.45) is 0 Å². The van der Waals surface area contributed by atoms with Gasteiger partial charge in [-0.05, 0) is 81.8 Å². The first-order chi connectivity index (χ1) is 14.0. The van der Waals surface area contributed by atoms with E-state index in [1.165, 1.54) is 29.5 Å². The van der Waals surface area contributed by atoms with E-state index in [4.69, 9.17) is 0 Å². The quantitative estimate of drug-likeness (QED) is 0.659. The van der Waals surface area contributed by atoms with Gasteiger partial charge >= 0.3 is 0 Å². The van der Waals surface area contributed by atoms with E-state index in [2.05, 4.69) is 72.2 Å². The number of nitriles is 1. The highest BCUT2D eigenvalue weighted by Gasteiger charge is 2.20. The Morgan fingerprint density at radius 3 is 2.66 bits per heavy atom. The van der Waals surface area contributed by atoms with Crippen LogP contribution < -0.4 is 0 Å². The topological polar surface area (TPSA) is 43.2 Å². The summed E-state index contributed by atoms with van der Waals surface area (Å²) in [5, 5.41) is 10.5. The minimum Gasteiger partial charge on any atom is -0.306 e. The Labute approximate surface area is 173 Å². The van der Waals surface area contributed by atoms with E-state index in [9.17, 15) is 5.26 Å². The molecule has 1 aromatic heterocycles. The molecule has 2 aromatic carbocycles. The summed E-state index contributed by atoms with van der Waals surface area (Å²) in [5.41, 5.74) is 6.36.